The topological polar surface area (TPSA) is 29.5 Å². The summed E-state index contributed by atoms with van der Waals surface area (Å²) in [6.07, 6.45) is 6.89. The number of halogens is 5. The number of benzene rings is 2. The molecule has 0 bridgehead atoms. The number of ether oxygens (including phenoxy) is 1. The molecule has 8 heteroatoms. The van der Waals surface area contributed by atoms with Crippen LogP contribution in [-0.2, 0) is 11.2 Å². The largest absolute Gasteiger partial charge is 0.504 e. The van der Waals surface area contributed by atoms with E-state index in [9.17, 15) is 27.1 Å². The van der Waals surface area contributed by atoms with Gasteiger partial charge in [0.15, 0.2) is 11.5 Å². The second kappa shape index (κ2) is 9.89. The van der Waals surface area contributed by atoms with E-state index in [1.165, 1.54) is 18.9 Å². The minimum Gasteiger partial charge on any atom is -0.504 e. The van der Waals surface area contributed by atoms with Gasteiger partial charge < -0.3 is 9.84 Å². The molecule has 2 nitrogen and oxygen atoms in total. The molecule has 1 fully saturated rings. The van der Waals surface area contributed by atoms with Crippen LogP contribution in [0.25, 0.3) is 0 Å². The molecule has 1 aliphatic carbocycles. The lowest BCUT2D eigenvalue weighted by Crippen LogP contribution is -2.12. The number of hydrogen-bond acceptors (Lipinski definition) is 3. The molecule has 1 saturated carbocycles. The molecule has 0 spiro atoms. The average molecular weight is 475 g/mol. The third-order valence-electron chi connectivity index (χ3n) is 5.68. The van der Waals surface area contributed by atoms with Crippen LogP contribution < -0.4 is 4.74 Å². The highest BCUT2D eigenvalue weighted by Gasteiger charge is 2.29. The van der Waals surface area contributed by atoms with Gasteiger partial charge in [-0.05, 0) is 29.9 Å². The highest BCUT2D eigenvalue weighted by atomic mass is 32.2. The van der Waals surface area contributed by atoms with Crippen LogP contribution in [0.3, 0.4) is 0 Å². The molecule has 0 aromatic heterocycles. The van der Waals surface area contributed by atoms with Crippen molar-refractivity contribution >= 4 is 11.8 Å². The minimum absolute atomic E-state index is 0.350. The van der Waals surface area contributed by atoms with Crippen molar-refractivity contribution in [2.24, 2.45) is 0 Å². The Morgan fingerprint density at radius 2 is 1.41 bits per heavy atom. The van der Waals surface area contributed by atoms with Crippen molar-refractivity contribution in [3.8, 4) is 17.2 Å². The highest BCUT2D eigenvalue weighted by molar-refractivity contribution is 7.99. The molecular weight excluding hydrogens is 447 g/mol. The molecule has 2 aromatic rings. The summed E-state index contributed by atoms with van der Waals surface area (Å²) < 4.78 is 74.0. The zero-order chi connectivity index (χ0) is 23.6. The van der Waals surface area contributed by atoms with Crippen LogP contribution in [0, 0.1) is 29.1 Å². The summed E-state index contributed by atoms with van der Waals surface area (Å²) in [6, 6.07) is 3.16. The molecule has 1 N–H and O–H groups in total. The fourth-order valence-corrected chi connectivity index (χ4v) is 4.99. The van der Waals surface area contributed by atoms with E-state index in [-0.39, 0.29) is 11.5 Å². The Labute approximate surface area is 189 Å². The molecule has 3 rings (SSSR count). The quantitative estimate of drug-likeness (QED) is 0.205. The molecule has 0 heterocycles. The zero-order valence-corrected chi connectivity index (χ0v) is 19.2. The van der Waals surface area contributed by atoms with Gasteiger partial charge >= 0.3 is 0 Å². The zero-order valence-electron chi connectivity index (χ0n) is 18.3. The Bertz CT molecular complexity index is 951. The van der Waals surface area contributed by atoms with Crippen LogP contribution in [0.4, 0.5) is 22.0 Å². The van der Waals surface area contributed by atoms with E-state index in [4.69, 9.17) is 4.74 Å². The van der Waals surface area contributed by atoms with Gasteiger partial charge in [-0.25, -0.2) is 13.2 Å². The first kappa shape index (κ1) is 24.7. The first-order chi connectivity index (χ1) is 15.0. The monoisotopic (exact) mass is 474 g/mol. The van der Waals surface area contributed by atoms with E-state index in [1.807, 2.05) is 20.8 Å². The second-order valence-corrected chi connectivity index (χ2v) is 10.4. The van der Waals surface area contributed by atoms with Gasteiger partial charge in [0.2, 0.25) is 34.8 Å². The van der Waals surface area contributed by atoms with Gasteiger partial charge in [-0.2, -0.15) is 20.5 Å². The number of aromatic hydroxyl groups is 1. The number of phenolic OH excluding ortho intramolecular Hbond substituents is 1. The van der Waals surface area contributed by atoms with Gasteiger partial charge in [0.1, 0.15) is 0 Å². The molecule has 0 unspecified atom stereocenters. The standard InChI is InChI=1S/C24H27F5O2S/c1-24(2,3)14-10-13(12-32-15-8-6-4-5-7-9-15)22(30)16(11-14)31-23-20(28)18(26)17(25)19(27)21(23)29/h10-11,15,30H,4-9,12H2,1-3H3. The van der Waals surface area contributed by atoms with Gasteiger partial charge in [-0.1, -0.05) is 52.5 Å². The summed E-state index contributed by atoms with van der Waals surface area (Å²) in [5.41, 5.74) is 0.778. The first-order valence-electron chi connectivity index (χ1n) is 10.7. The van der Waals surface area contributed by atoms with Crippen molar-refractivity contribution < 1.29 is 31.8 Å². The predicted molar refractivity (Wildman–Crippen MR) is 116 cm³/mol. The summed E-state index contributed by atoms with van der Waals surface area (Å²) in [4.78, 5) is 0. The van der Waals surface area contributed by atoms with Gasteiger partial charge in [0, 0.05) is 16.6 Å². The Morgan fingerprint density at radius 1 is 0.875 bits per heavy atom. The van der Waals surface area contributed by atoms with E-state index in [0.717, 1.165) is 25.7 Å². The molecular formula is C24H27F5O2S. The van der Waals surface area contributed by atoms with E-state index >= 15 is 0 Å². The van der Waals surface area contributed by atoms with Gasteiger partial charge in [-0.3, -0.25) is 0 Å². The first-order valence-corrected chi connectivity index (χ1v) is 11.7. The Morgan fingerprint density at radius 3 is 1.94 bits per heavy atom. The highest BCUT2D eigenvalue weighted by Crippen LogP contribution is 2.43. The molecule has 1 aliphatic rings. The molecule has 176 valence electrons. The maximum atomic E-state index is 14.2. The summed E-state index contributed by atoms with van der Waals surface area (Å²) in [7, 11) is 0. The van der Waals surface area contributed by atoms with Crippen LogP contribution >= 0.6 is 11.8 Å². The Balaban J connectivity index is 1.98. The van der Waals surface area contributed by atoms with Crippen molar-refractivity contribution in [3.63, 3.8) is 0 Å². The van der Waals surface area contributed by atoms with Gasteiger partial charge in [0.25, 0.3) is 0 Å². The van der Waals surface area contributed by atoms with Crippen LogP contribution in [-0.4, -0.2) is 10.4 Å². The lowest BCUT2D eigenvalue weighted by molar-refractivity contribution is 0.323. The average Bonchev–Trinajstić information content (AvgIpc) is 3.02. The Hall–Kier alpha value is -1.96. The van der Waals surface area contributed by atoms with Crippen molar-refractivity contribution in [2.45, 2.75) is 75.7 Å². The summed E-state index contributed by atoms with van der Waals surface area (Å²) in [5.74, 6) is -12.4. The van der Waals surface area contributed by atoms with Gasteiger partial charge in [-0.15, -0.1) is 0 Å². The van der Waals surface area contributed by atoms with Crippen LogP contribution in [0.1, 0.15) is 70.4 Å². The lowest BCUT2D eigenvalue weighted by atomic mass is 9.86. The van der Waals surface area contributed by atoms with E-state index in [1.54, 1.807) is 17.8 Å². The van der Waals surface area contributed by atoms with Crippen LogP contribution in [0.15, 0.2) is 12.1 Å². The molecule has 0 amide bonds. The molecule has 0 saturated heterocycles. The van der Waals surface area contributed by atoms with Gasteiger partial charge in [0.05, 0.1) is 0 Å². The third kappa shape index (κ3) is 5.33. The molecule has 0 aliphatic heterocycles. The van der Waals surface area contributed by atoms with Crippen molar-refractivity contribution in [3.05, 3.63) is 52.3 Å². The second-order valence-electron chi connectivity index (χ2n) is 9.16. The van der Waals surface area contributed by atoms with Crippen LogP contribution in [0.2, 0.25) is 0 Å². The van der Waals surface area contributed by atoms with Crippen LogP contribution in [0.5, 0.6) is 17.2 Å². The fraction of sp³-hybridized carbons (Fsp3) is 0.500. The number of phenols is 1. The van der Waals surface area contributed by atoms with Crippen molar-refractivity contribution in [2.75, 3.05) is 0 Å². The molecule has 32 heavy (non-hydrogen) atoms. The minimum atomic E-state index is -2.26. The number of rotatable bonds is 5. The van der Waals surface area contributed by atoms with E-state index in [2.05, 4.69) is 0 Å². The summed E-state index contributed by atoms with van der Waals surface area (Å²) in [5, 5.41) is 11.2. The predicted octanol–water partition coefficient (Wildman–Crippen LogP) is 8.13. The molecule has 0 atom stereocenters. The van der Waals surface area contributed by atoms with Crippen molar-refractivity contribution in [1.82, 2.24) is 0 Å². The van der Waals surface area contributed by atoms with Crippen molar-refractivity contribution in [1.29, 1.82) is 0 Å². The van der Waals surface area contributed by atoms with E-state index in [0.29, 0.717) is 22.1 Å². The fourth-order valence-electron chi connectivity index (χ4n) is 3.69. The SMILES string of the molecule is CC(C)(C)c1cc(CSC2CCCCCC2)c(O)c(Oc2c(F)c(F)c(F)c(F)c2F)c1. The van der Waals surface area contributed by atoms with E-state index < -0.39 is 40.3 Å². The number of thioether (sulfide) groups is 1. The third-order valence-corrected chi connectivity index (χ3v) is 7.10. The maximum absolute atomic E-state index is 14.2. The Kier molecular flexibility index (Phi) is 7.63. The molecule has 2 aromatic carbocycles. The molecule has 0 radical (unpaired) electrons. The smallest absolute Gasteiger partial charge is 0.207 e. The summed E-state index contributed by atoms with van der Waals surface area (Å²) in [6.45, 7) is 5.72. The normalized spacial score (nSPS) is 15.6. The lowest BCUT2D eigenvalue weighted by Gasteiger charge is -2.23. The maximum Gasteiger partial charge on any atom is 0.207 e. The number of hydrogen-bond donors (Lipinski definition) is 1. The summed E-state index contributed by atoms with van der Waals surface area (Å²) >= 11 is 1.69.